The number of nitrogen functional groups attached to an aromatic ring is 1. The van der Waals surface area contributed by atoms with Crippen LogP contribution in [0.5, 0.6) is 0 Å². The molecule has 0 fully saturated rings. The van der Waals surface area contributed by atoms with Crippen molar-refractivity contribution in [2.75, 3.05) is 22.0 Å². The number of rotatable bonds is 4. The number of anilines is 2. The predicted molar refractivity (Wildman–Crippen MR) is 134 cm³/mol. The van der Waals surface area contributed by atoms with Gasteiger partial charge in [-0.25, -0.2) is 16.8 Å². The first kappa shape index (κ1) is 26.4. The fourth-order valence-electron chi connectivity index (χ4n) is 2.62. The van der Waals surface area contributed by atoms with Gasteiger partial charge in [0.15, 0.2) is 0 Å². The Morgan fingerprint density at radius 1 is 0.879 bits per heavy atom. The number of hydrogen-bond acceptors (Lipinski definition) is 7. The maximum atomic E-state index is 11.4. The summed E-state index contributed by atoms with van der Waals surface area (Å²) in [6, 6.07) is 11.1. The summed E-state index contributed by atoms with van der Waals surface area (Å²) in [4.78, 5) is 0. The zero-order valence-corrected chi connectivity index (χ0v) is 21.1. The van der Waals surface area contributed by atoms with Crippen LogP contribution >= 0.6 is 10.7 Å². The molecule has 0 radical (unpaired) electrons. The van der Waals surface area contributed by atoms with E-state index >= 15 is 0 Å². The highest BCUT2D eigenvalue weighted by molar-refractivity contribution is 8.13. The second-order valence-corrected chi connectivity index (χ2v) is 12.0. The van der Waals surface area contributed by atoms with Crippen LogP contribution < -0.4 is 10.5 Å². The molecule has 0 unspecified atom stereocenters. The van der Waals surface area contributed by atoms with Crippen molar-refractivity contribution in [1.82, 2.24) is 19.6 Å². The average Bonchev–Trinajstić information content (AvgIpc) is 3.31. The molecule has 0 amide bonds. The van der Waals surface area contributed by atoms with E-state index in [2.05, 4.69) is 25.6 Å². The Morgan fingerprint density at radius 2 is 1.36 bits per heavy atom. The van der Waals surface area contributed by atoms with Crippen molar-refractivity contribution in [3.05, 3.63) is 48.8 Å². The summed E-state index contributed by atoms with van der Waals surface area (Å²) in [6.45, 7) is 3.09. The van der Waals surface area contributed by atoms with Gasteiger partial charge in [0.1, 0.15) is 0 Å². The summed E-state index contributed by atoms with van der Waals surface area (Å²) in [5, 5.41) is 10.3. The van der Waals surface area contributed by atoms with Crippen molar-refractivity contribution in [2.24, 2.45) is 14.1 Å². The molecule has 33 heavy (non-hydrogen) atoms. The molecular weight excluding hydrogens is 488 g/mol. The van der Waals surface area contributed by atoms with Gasteiger partial charge in [-0.15, -0.1) is 0 Å². The Labute approximate surface area is 197 Å². The van der Waals surface area contributed by atoms with Gasteiger partial charge in [-0.1, -0.05) is 6.92 Å². The lowest BCUT2D eigenvalue weighted by Gasteiger charge is -2.05. The van der Waals surface area contributed by atoms with Gasteiger partial charge < -0.3 is 5.73 Å². The number of nitrogens with two attached hydrogens (primary N) is 1. The van der Waals surface area contributed by atoms with Gasteiger partial charge in [0.05, 0.1) is 40.6 Å². The van der Waals surface area contributed by atoms with Gasteiger partial charge in [0, 0.05) is 41.2 Å². The smallest absolute Gasteiger partial charge is 0.232 e. The molecule has 0 aliphatic rings. The Kier molecular flexibility index (Phi) is 8.69. The predicted octanol–water partition coefficient (Wildman–Crippen LogP) is 3.07. The summed E-state index contributed by atoms with van der Waals surface area (Å²) >= 11 is 0. The third kappa shape index (κ3) is 7.91. The molecule has 0 saturated carbocycles. The minimum atomic E-state index is -3.22. The summed E-state index contributed by atoms with van der Waals surface area (Å²) in [5.74, 6) is 0.0744. The van der Waals surface area contributed by atoms with Crippen LogP contribution in [0.2, 0.25) is 0 Å². The van der Waals surface area contributed by atoms with E-state index < -0.39 is 19.1 Å². The SMILES string of the molecule is CCS(=O)(=O)Cl.CCS(=O)(=O)Nc1ccc2cnn(C)c2c1.Cn1ncc2ccc(N)cc21. The van der Waals surface area contributed by atoms with Crippen LogP contribution in [0.3, 0.4) is 0 Å². The minimum absolute atomic E-state index is 0.00849. The van der Waals surface area contributed by atoms with Crippen LogP contribution in [0, 0.1) is 0 Å². The first-order valence-electron chi connectivity index (χ1n) is 9.87. The first-order chi connectivity index (χ1) is 15.3. The normalized spacial score (nSPS) is 11.4. The van der Waals surface area contributed by atoms with Crippen molar-refractivity contribution in [3.8, 4) is 0 Å². The quantitative estimate of drug-likeness (QED) is 0.314. The second kappa shape index (κ2) is 10.9. The fraction of sp³-hybridized carbons (Fsp3) is 0.300. The molecule has 180 valence electrons. The topological polar surface area (TPSA) is 142 Å². The number of hydrogen-bond donors (Lipinski definition) is 2. The van der Waals surface area contributed by atoms with Crippen LogP contribution in [0.25, 0.3) is 21.8 Å². The number of aryl methyl sites for hydroxylation is 2. The first-order valence-corrected chi connectivity index (χ1v) is 14.0. The molecule has 0 bridgehead atoms. The van der Waals surface area contributed by atoms with E-state index in [0.717, 1.165) is 27.5 Å². The van der Waals surface area contributed by atoms with Gasteiger partial charge in [0.2, 0.25) is 19.1 Å². The van der Waals surface area contributed by atoms with Crippen molar-refractivity contribution in [1.29, 1.82) is 0 Å². The molecule has 0 aliphatic heterocycles. The zero-order valence-electron chi connectivity index (χ0n) is 18.7. The number of benzene rings is 2. The second-order valence-electron chi connectivity index (χ2n) is 6.96. The van der Waals surface area contributed by atoms with Crippen molar-refractivity contribution in [3.63, 3.8) is 0 Å². The van der Waals surface area contributed by atoms with Crippen LogP contribution in [-0.4, -0.2) is 47.9 Å². The van der Waals surface area contributed by atoms with E-state index in [1.807, 2.05) is 49.2 Å². The number of nitrogens with zero attached hydrogens (tertiary/aromatic N) is 4. The molecule has 2 aromatic carbocycles. The fourth-order valence-corrected chi connectivity index (χ4v) is 3.25. The number of sulfonamides is 1. The third-order valence-electron chi connectivity index (χ3n) is 4.52. The van der Waals surface area contributed by atoms with E-state index in [1.54, 1.807) is 29.9 Å². The molecule has 0 aliphatic carbocycles. The molecule has 2 heterocycles. The molecular formula is C20H27ClN6O4S2. The number of aromatic nitrogens is 4. The maximum absolute atomic E-state index is 11.4. The minimum Gasteiger partial charge on any atom is -0.399 e. The largest absolute Gasteiger partial charge is 0.399 e. The van der Waals surface area contributed by atoms with E-state index in [9.17, 15) is 16.8 Å². The summed E-state index contributed by atoms with van der Waals surface area (Å²) in [6.07, 6.45) is 3.57. The molecule has 2 aromatic heterocycles. The van der Waals surface area contributed by atoms with E-state index in [0.29, 0.717) is 5.69 Å². The monoisotopic (exact) mass is 514 g/mol. The Morgan fingerprint density at radius 3 is 1.85 bits per heavy atom. The van der Waals surface area contributed by atoms with Gasteiger partial charge >= 0.3 is 0 Å². The zero-order chi connectivity index (χ0) is 24.8. The Bertz CT molecular complexity index is 1450. The van der Waals surface area contributed by atoms with Gasteiger partial charge in [-0.05, 0) is 43.3 Å². The highest BCUT2D eigenvalue weighted by atomic mass is 35.7. The Hall–Kier alpha value is -2.83. The summed E-state index contributed by atoms with van der Waals surface area (Å²) in [5.41, 5.74) is 8.93. The van der Waals surface area contributed by atoms with Gasteiger partial charge in [-0.3, -0.25) is 14.1 Å². The van der Waals surface area contributed by atoms with Gasteiger partial charge in [0.25, 0.3) is 0 Å². The van der Waals surface area contributed by atoms with E-state index in [-0.39, 0.29) is 11.5 Å². The molecule has 0 spiro atoms. The number of fused-ring (bicyclic) bond motifs is 2. The van der Waals surface area contributed by atoms with Crippen LogP contribution in [0.4, 0.5) is 11.4 Å². The highest BCUT2D eigenvalue weighted by Crippen LogP contribution is 2.19. The lowest BCUT2D eigenvalue weighted by molar-refractivity contribution is 0.602. The highest BCUT2D eigenvalue weighted by Gasteiger charge is 2.08. The third-order valence-corrected chi connectivity index (χ3v) is 7.17. The molecule has 0 atom stereocenters. The average molecular weight is 515 g/mol. The van der Waals surface area contributed by atoms with Crippen molar-refractivity contribution in [2.45, 2.75) is 13.8 Å². The molecule has 10 nitrogen and oxygen atoms in total. The van der Waals surface area contributed by atoms with E-state index in [4.69, 9.17) is 5.73 Å². The Balaban J connectivity index is 0.000000196. The standard InChI is InChI=1S/C10H13N3O2S.C8H9N3.C2H5ClO2S/c1-3-16(14,15)12-9-5-4-8-7-11-13(2)10(8)6-9;1-11-8-4-7(9)3-2-6(8)5-10-11;1-2-6(3,4)5/h4-7,12H,3H2,1-2H3;2-5H,9H2,1H3;2H2,1H3. The lowest BCUT2D eigenvalue weighted by Crippen LogP contribution is -2.14. The molecule has 4 aromatic rings. The molecule has 3 N–H and O–H groups in total. The summed E-state index contributed by atoms with van der Waals surface area (Å²) < 4.78 is 48.3. The molecule has 0 saturated heterocycles. The number of halogens is 1. The molecule has 4 rings (SSSR count). The lowest BCUT2D eigenvalue weighted by atomic mass is 10.2. The van der Waals surface area contributed by atoms with Crippen LogP contribution in [-0.2, 0) is 33.2 Å². The van der Waals surface area contributed by atoms with Crippen LogP contribution in [0.15, 0.2) is 48.8 Å². The van der Waals surface area contributed by atoms with Crippen LogP contribution in [0.1, 0.15) is 13.8 Å². The molecule has 13 heteroatoms. The number of nitrogens with one attached hydrogen (secondary N) is 1. The maximum Gasteiger partial charge on any atom is 0.232 e. The van der Waals surface area contributed by atoms with Gasteiger partial charge in [-0.2, -0.15) is 10.2 Å². The van der Waals surface area contributed by atoms with Crippen molar-refractivity contribution < 1.29 is 16.8 Å². The van der Waals surface area contributed by atoms with Crippen molar-refractivity contribution >= 4 is 62.9 Å². The van der Waals surface area contributed by atoms with E-state index in [1.165, 1.54) is 6.92 Å². The summed E-state index contributed by atoms with van der Waals surface area (Å²) in [7, 11) is 2.01.